The maximum atomic E-state index is 11.8. The van der Waals surface area contributed by atoms with Crippen LogP contribution in [0.1, 0.15) is 15.9 Å². The lowest BCUT2D eigenvalue weighted by Crippen LogP contribution is -2.41. The van der Waals surface area contributed by atoms with Crippen LogP contribution in [0.2, 0.25) is 0 Å². The summed E-state index contributed by atoms with van der Waals surface area (Å²) >= 11 is 2.50. The number of benzene rings is 1. The largest absolute Gasteiger partial charge is 0.537 e. The Morgan fingerprint density at radius 1 is 1.46 bits per heavy atom. The second kappa shape index (κ2) is 6.59. The van der Waals surface area contributed by atoms with Crippen LogP contribution >= 0.6 is 23.1 Å². The van der Waals surface area contributed by atoms with E-state index in [1.165, 1.54) is 40.2 Å². The van der Waals surface area contributed by atoms with Crippen molar-refractivity contribution in [2.75, 3.05) is 5.73 Å². The molecule has 1 atom stereocenters. The highest BCUT2D eigenvalue weighted by molar-refractivity contribution is 8.02. The molecule has 13 heteroatoms. The van der Waals surface area contributed by atoms with Gasteiger partial charge in [0.2, 0.25) is 5.13 Å². The zero-order chi connectivity index (χ0) is 18.3. The maximum Gasteiger partial charge on any atom is 0.537 e. The minimum absolute atomic E-state index is 0.0735. The van der Waals surface area contributed by atoms with E-state index in [4.69, 9.17) is 10.4 Å². The molecule has 10 nitrogen and oxygen atoms in total. The molecule has 0 aliphatic carbocycles. The zero-order valence-corrected chi connectivity index (χ0v) is 14.6. The van der Waals surface area contributed by atoms with Gasteiger partial charge in [-0.1, -0.05) is 34.4 Å². The third-order valence-electron chi connectivity index (χ3n) is 3.75. The number of anilines is 1. The highest BCUT2D eigenvalue weighted by atomic mass is 32.2. The molecule has 3 heterocycles. The summed E-state index contributed by atoms with van der Waals surface area (Å²) in [5.74, 6) is -1.05. The van der Waals surface area contributed by atoms with Crippen molar-refractivity contribution >= 4 is 41.3 Å². The summed E-state index contributed by atoms with van der Waals surface area (Å²) in [5.41, 5.74) is 6.48. The Balaban J connectivity index is 1.70. The van der Waals surface area contributed by atoms with E-state index in [0.717, 1.165) is 0 Å². The lowest BCUT2D eigenvalue weighted by Gasteiger charge is -2.28. The molecule has 4 rings (SSSR count). The fourth-order valence-corrected chi connectivity index (χ4v) is 4.60. The van der Waals surface area contributed by atoms with Crippen LogP contribution in [0.4, 0.5) is 5.13 Å². The van der Waals surface area contributed by atoms with Crippen molar-refractivity contribution in [1.29, 1.82) is 0 Å². The molecule has 3 aromatic rings. The molecule has 0 amide bonds. The summed E-state index contributed by atoms with van der Waals surface area (Å²) in [5, 5.41) is 35.2. The molecule has 2 aromatic heterocycles. The van der Waals surface area contributed by atoms with E-state index in [9.17, 15) is 14.9 Å². The van der Waals surface area contributed by atoms with Crippen LogP contribution in [0.3, 0.4) is 0 Å². The molecular formula is C13H11BN6O4S2. The number of fused-ring (bicyclic) bond motifs is 1. The number of thioether (sulfide) groups is 1. The Bertz CT molecular complexity index is 966. The van der Waals surface area contributed by atoms with Crippen molar-refractivity contribution < 1.29 is 19.6 Å². The fourth-order valence-electron chi connectivity index (χ4n) is 2.66. The molecule has 0 spiro atoms. The molecule has 1 aromatic carbocycles. The van der Waals surface area contributed by atoms with Gasteiger partial charge in [-0.25, -0.2) is 9.48 Å². The first-order chi connectivity index (χ1) is 12.5. The van der Waals surface area contributed by atoms with Gasteiger partial charge in [-0.15, -0.1) is 15.3 Å². The molecule has 26 heavy (non-hydrogen) atoms. The van der Waals surface area contributed by atoms with Crippen molar-refractivity contribution in [2.24, 2.45) is 0 Å². The first kappa shape index (κ1) is 16.8. The van der Waals surface area contributed by atoms with E-state index < -0.39 is 13.1 Å². The summed E-state index contributed by atoms with van der Waals surface area (Å²) < 4.78 is 7.52. The number of hydrogen-bond donors (Lipinski definition) is 3. The van der Waals surface area contributed by atoms with Gasteiger partial charge in [0.25, 0.3) is 0 Å². The van der Waals surface area contributed by atoms with E-state index in [1.807, 2.05) is 0 Å². The highest BCUT2D eigenvalue weighted by Crippen LogP contribution is 2.39. The normalized spacial score (nSPS) is 16.2. The van der Waals surface area contributed by atoms with Gasteiger partial charge in [-0.2, -0.15) is 0 Å². The van der Waals surface area contributed by atoms with E-state index in [1.54, 1.807) is 12.1 Å². The molecule has 0 unspecified atom stereocenters. The third kappa shape index (κ3) is 3.00. The lowest BCUT2D eigenvalue weighted by atomic mass is 9.77. The van der Waals surface area contributed by atoms with Crippen molar-refractivity contribution in [3.05, 3.63) is 35.7 Å². The predicted molar refractivity (Wildman–Crippen MR) is 94.6 cm³/mol. The summed E-state index contributed by atoms with van der Waals surface area (Å²) in [4.78, 5) is 11.8. The molecule has 4 N–H and O–H groups in total. The summed E-state index contributed by atoms with van der Waals surface area (Å²) in [6, 6.07) is 3.40. The first-order valence-corrected chi connectivity index (χ1v) is 9.09. The minimum atomic E-state index is -1.21. The minimum Gasteiger partial charge on any atom is -0.535 e. The quantitative estimate of drug-likeness (QED) is 0.538. The smallest absolute Gasteiger partial charge is 0.535 e. The Kier molecular flexibility index (Phi) is 4.26. The Hall–Kier alpha value is -2.64. The number of nitrogen functional groups attached to an aromatic ring is 1. The van der Waals surface area contributed by atoms with Crippen LogP contribution in [0.25, 0.3) is 5.69 Å². The van der Waals surface area contributed by atoms with Crippen LogP contribution < -0.4 is 10.4 Å². The zero-order valence-electron chi connectivity index (χ0n) is 13.0. The van der Waals surface area contributed by atoms with Gasteiger partial charge in [0.15, 0.2) is 4.34 Å². The van der Waals surface area contributed by atoms with Gasteiger partial charge in [0.05, 0.1) is 23.2 Å². The summed E-state index contributed by atoms with van der Waals surface area (Å²) in [6.07, 6.45) is 3.38. The molecule has 132 valence electrons. The third-order valence-corrected chi connectivity index (χ3v) is 5.82. The Morgan fingerprint density at radius 2 is 2.31 bits per heavy atom. The van der Waals surface area contributed by atoms with Crippen molar-refractivity contribution in [3.63, 3.8) is 0 Å². The average molecular weight is 390 g/mol. The number of nitrogens with zero attached hydrogens (tertiary/aromatic N) is 5. The Labute approximate surface area is 155 Å². The van der Waals surface area contributed by atoms with Gasteiger partial charge in [-0.3, -0.25) is 0 Å². The van der Waals surface area contributed by atoms with Crippen LogP contribution in [0.5, 0.6) is 5.75 Å². The van der Waals surface area contributed by atoms with E-state index >= 15 is 0 Å². The predicted octanol–water partition coefficient (Wildman–Crippen LogP) is 0.515. The van der Waals surface area contributed by atoms with Crippen molar-refractivity contribution in [1.82, 2.24) is 25.2 Å². The summed E-state index contributed by atoms with van der Waals surface area (Å²) in [7, 11) is -1.21. The number of carboxylic acid groups (broad SMARTS) is 1. The van der Waals surface area contributed by atoms with Gasteiger partial charge in [0.1, 0.15) is 11.3 Å². The number of aromatic carboxylic acids is 1. The molecule has 0 radical (unpaired) electrons. The van der Waals surface area contributed by atoms with Gasteiger partial charge >= 0.3 is 13.1 Å². The first-order valence-electron chi connectivity index (χ1n) is 7.39. The van der Waals surface area contributed by atoms with E-state index in [0.29, 0.717) is 27.1 Å². The van der Waals surface area contributed by atoms with Crippen LogP contribution in [-0.2, 0) is 6.42 Å². The van der Waals surface area contributed by atoms with Crippen molar-refractivity contribution in [2.45, 2.75) is 15.9 Å². The molecular weight excluding hydrogens is 379 g/mol. The second-order valence-electron chi connectivity index (χ2n) is 5.38. The maximum absolute atomic E-state index is 11.8. The molecule has 1 aliphatic heterocycles. The number of aromatic nitrogens is 5. The monoisotopic (exact) mass is 390 g/mol. The lowest BCUT2D eigenvalue weighted by molar-refractivity contribution is 0.0694. The van der Waals surface area contributed by atoms with Gasteiger partial charge < -0.3 is 20.5 Å². The molecule has 0 saturated heterocycles. The molecule has 0 fully saturated rings. The van der Waals surface area contributed by atoms with E-state index in [-0.39, 0.29) is 16.5 Å². The Morgan fingerprint density at radius 3 is 2.96 bits per heavy atom. The average Bonchev–Trinajstić information content (AvgIpc) is 3.26. The number of rotatable bonds is 4. The summed E-state index contributed by atoms with van der Waals surface area (Å²) in [6.45, 7) is 0. The van der Waals surface area contributed by atoms with E-state index in [2.05, 4.69) is 20.5 Å². The fraction of sp³-hybridized carbons (Fsp3) is 0.154. The number of nitrogens with two attached hydrogens (primary N) is 1. The molecule has 1 aliphatic rings. The van der Waals surface area contributed by atoms with Gasteiger partial charge in [0, 0.05) is 0 Å². The molecule has 0 saturated carbocycles. The van der Waals surface area contributed by atoms with Crippen LogP contribution in [0, 0.1) is 0 Å². The number of carbonyl (C=O) groups is 1. The van der Waals surface area contributed by atoms with Gasteiger partial charge in [-0.05, 0) is 18.1 Å². The standard InChI is InChI=1S/C13H11BN6O4S2/c15-12-17-18-13(26-12)25-8-5-6-1-2-7(20-4-3-16-19-20)9(11(21)22)10(6)24-14(8)23/h1-4,8,23H,5H2,(H2,15,17)(H,21,22)/t8-/m0/s1. The highest BCUT2D eigenvalue weighted by Gasteiger charge is 2.39. The topological polar surface area (TPSA) is 149 Å². The van der Waals surface area contributed by atoms with Crippen molar-refractivity contribution in [3.8, 4) is 11.4 Å². The van der Waals surface area contributed by atoms with Crippen LogP contribution in [-0.4, -0.2) is 53.6 Å². The van der Waals surface area contributed by atoms with Crippen LogP contribution in [0.15, 0.2) is 28.9 Å². The second-order valence-corrected chi connectivity index (χ2v) is 7.87. The SMILES string of the molecule is Nc1nnc(S[C@H]2Cc3ccc(-n4ccnn4)c(C(=O)O)c3OB2O)s1. The number of hydrogen-bond acceptors (Lipinski definition) is 10. The molecule has 0 bridgehead atoms. The number of carboxylic acids is 1.